The molecule has 1 aliphatic carbocycles. The van der Waals surface area contributed by atoms with E-state index in [4.69, 9.17) is 4.98 Å². The van der Waals surface area contributed by atoms with E-state index >= 15 is 0 Å². The monoisotopic (exact) mass is 446 g/mol. The summed E-state index contributed by atoms with van der Waals surface area (Å²) in [6.07, 6.45) is 4.16. The summed E-state index contributed by atoms with van der Waals surface area (Å²) in [5, 5.41) is 12.9. The van der Waals surface area contributed by atoms with Gasteiger partial charge in [0.25, 0.3) is 5.56 Å². The van der Waals surface area contributed by atoms with Crippen molar-refractivity contribution in [3.05, 3.63) is 69.1 Å². The minimum absolute atomic E-state index is 0.0473. The van der Waals surface area contributed by atoms with Crippen molar-refractivity contribution in [2.24, 2.45) is 11.8 Å². The molecule has 2 aliphatic rings. The number of aromatic carboxylic acids is 1. The lowest BCUT2D eigenvalue weighted by Gasteiger charge is -2.32. The second-order valence-corrected chi connectivity index (χ2v) is 9.76. The molecule has 3 unspecified atom stereocenters. The normalized spacial score (nSPS) is 22.7. The molecule has 2 N–H and O–H groups in total. The molecule has 1 aliphatic heterocycles. The first kappa shape index (κ1) is 21.5. The standard InChI is InChI=1S/C26H30N4O3/c1-14-9-21(17(4)27-22-8-6-5-7-20(22)26(32)33)24-28-23(16(3)25(31)30(24)12-14)29-13-18-11-19(29)10-15(18)2/h5-9,12,15,17-19,27H,10-11,13H2,1-4H3,(H,32,33)/t15?,17-,18?,19?/m1/s1. The summed E-state index contributed by atoms with van der Waals surface area (Å²) in [5.41, 5.74) is 3.82. The van der Waals surface area contributed by atoms with Crippen molar-refractivity contribution in [3.8, 4) is 0 Å². The number of para-hydroxylation sites is 1. The first-order chi connectivity index (χ1) is 15.7. The van der Waals surface area contributed by atoms with E-state index < -0.39 is 5.97 Å². The number of fused-ring (bicyclic) bond motifs is 3. The van der Waals surface area contributed by atoms with Crippen LogP contribution in [0, 0.1) is 25.7 Å². The van der Waals surface area contributed by atoms with E-state index in [0.29, 0.717) is 28.9 Å². The van der Waals surface area contributed by atoms with Crippen LogP contribution in [0.2, 0.25) is 0 Å². The number of nitrogens with one attached hydrogen (secondary N) is 1. The third-order valence-corrected chi connectivity index (χ3v) is 7.45. The Morgan fingerprint density at radius 2 is 2.00 bits per heavy atom. The first-order valence-corrected chi connectivity index (χ1v) is 11.6. The van der Waals surface area contributed by atoms with Crippen molar-refractivity contribution in [2.75, 3.05) is 16.8 Å². The maximum atomic E-state index is 13.4. The molecule has 4 atom stereocenters. The zero-order valence-corrected chi connectivity index (χ0v) is 19.5. The van der Waals surface area contributed by atoms with Crippen LogP contribution in [-0.2, 0) is 0 Å². The summed E-state index contributed by atoms with van der Waals surface area (Å²) in [7, 11) is 0. The van der Waals surface area contributed by atoms with Gasteiger partial charge in [0.05, 0.1) is 17.2 Å². The molecule has 2 bridgehead atoms. The smallest absolute Gasteiger partial charge is 0.337 e. The molecule has 0 amide bonds. The zero-order valence-electron chi connectivity index (χ0n) is 19.5. The molecule has 1 saturated carbocycles. The van der Waals surface area contributed by atoms with Crippen molar-refractivity contribution in [1.29, 1.82) is 0 Å². The molecule has 2 aromatic heterocycles. The minimum Gasteiger partial charge on any atom is -0.478 e. The van der Waals surface area contributed by atoms with Crippen LogP contribution < -0.4 is 15.8 Å². The Morgan fingerprint density at radius 1 is 1.24 bits per heavy atom. The van der Waals surface area contributed by atoms with E-state index in [1.165, 1.54) is 6.42 Å². The second-order valence-electron chi connectivity index (χ2n) is 9.76. The van der Waals surface area contributed by atoms with Gasteiger partial charge in [0, 0.05) is 30.0 Å². The van der Waals surface area contributed by atoms with E-state index in [-0.39, 0.29) is 17.2 Å². The number of aryl methyl sites for hydroxylation is 1. The summed E-state index contributed by atoms with van der Waals surface area (Å²) in [6, 6.07) is 9.09. The minimum atomic E-state index is -0.982. The van der Waals surface area contributed by atoms with Crippen molar-refractivity contribution < 1.29 is 9.90 Å². The number of carboxylic acids is 1. The van der Waals surface area contributed by atoms with Crippen LogP contribution >= 0.6 is 0 Å². The van der Waals surface area contributed by atoms with Gasteiger partial charge in [-0.2, -0.15) is 0 Å². The number of aromatic nitrogens is 2. The number of hydrogen-bond donors (Lipinski definition) is 2. The highest BCUT2D eigenvalue weighted by Crippen LogP contribution is 2.44. The Hall–Kier alpha value is -3.35. The Bertz CT molecular complexity index is 1310. The van der Waals surface area contributed by atoms with E-state index in [2.05, 4.69) is 17.1 Å². The average molecular weight is 447 g/mol. The first-order valence-electron chi connectivity index (χ1n) is 11.6. The van der Waals surface area contributed by atoms with Gasteiger partial charge in [-0.25, -0.2) is 9.78 Å². The van der Waals surface area contributed by atoms with Crippen LogP contribution in [0.25, 0.3) is 5.65 Å². The quantitative estimate of drug-likeness (QED) is 0.603. The van der Waals surface area contributed by atoms with Crippen LogP contribution in [0.5, 0.6) is 0 Å². The Labute approximate surface area is 193 Å². The van der Waals surface area contributed by atoms with E-state index in [9.17, 15) is 14.7 Å². The topological polar surface area (TPSA) is 86.9 Å². The molecule has 3 aromatic rings. The Balaban J connectivity index is 1.60. The predicted octanol–water partition coefficient (Wildman–Crippen LogP) is 4.42. The number of anilines is 2. The molecule has 172 valence electrons. The molecule has 0 radical (unpaired) electrons. The summed E-state index contributed by atoms with van der Waals surface area (Å²) in [6.45, 7) is 9.08. The highest BCUT2D eigenvalue weighted by molar-refractivity contribution is 5.94. The number of pyridine rings is 1. The van der Waals surface area contributed by atoms with Crippen LogP contribution in [-0.4, -0.2) is 33.0 Å². The number of rotatable bonds is 5. The molecule has 7 heteroatoms. The molecular weight excluding hydrogens is 416 g/mol. The number of carbonyl (C=O) groups is 1. The lowest BCUT2D eigenvalue weighted by molar-refractivity contribution is 0.0698. The highest BCUT2D eigenvalue weighted by Gasteiger charge is 2.43. The summed E-state index contributed by atoms with van der Waals surface area (Å²) < 4.78 is 1.64. The number of carboxylic acid groups (broad SMARTS) is 1. The second kappa shape index (κ2) is 7.90. The third-order valence-electron chi connectivity index (χ3n) is 7.45. The molecule has 33 heavy (non-hydrogen) atoms. The van der Waals surface area contributed by atoms with Crippen molar-refractivity contribution in [2.45, 2.75) is 52.6 Å². The highest BCUT2D eigenvalue weighted by atomic mass is 16.4. The lowest BCUT2D eigenvalue weighted by atomic mass is 9.97. The largest absolute Gasteiger partial charge is 0.478 e. The molecule has 5 rings (SSSR count). The molecule has 3 heterocycles. The lowest BCUT2D eigenvalue weighted by Crippen LogP contribution is -2.37. The van der Waals surface area contributed by atoms with Gasteiger partial charge >= 0.3 is 5.97 Å². The van der Waals surface area contributed by atoms with Gasteiger partial charge in [-0.15, -0.1) is 0 Å². The van der Waals surface area contributed by atoms with Crippen molar-refractivity contribution in [3.63, 3.8) is 0 Å². The fraction of sp³-hybridized carbons (Fsp3) is 0.423. The summed E-state index contributed by atoms with van der Waals surface area (Å²) >= 11 is 0. The number of hydrogen-bond acceptors (Lipinski definition) is 5. The van der Waals surface area contributed by atoms with Gasteiger partial charge in [-0.05, 0) is 69.2 Å². The Kier molecular flexibility index (Phi) is 5.15. The van der Waals surface area contributed by atoms with Gasteiger partial charge in [0.2, 0.25) is 0 Å². The van der Waals surface area contributed by atoms with Gasteiger partial charge in [-0.3, -0.25) is 9.20 Å². The van der Waals surface area contributed by atoms with Crippen LogP contribution in [0.3, 0.4) is 0 Å². The number of piperidine rings is 1. The SMILES string of the molecule is Cc1cc([C@@H](C)Nc2ccccc2C(=O)O)c2nc(N3CC4CC3CC4C)c(C)c(=O)n2c1. The van der Waals surface area contributed by atoms with Gasteiger partial charge in [0.1, 0.15) is 11.5 Å². The maximum absolute atomic E-state index is 13.4. The van der Waals surface area contributed by atoms with Gasteiger partial charge in [0.15, 0.2) is 0 Å². The molecule has 1 aromatic carbocycles. The molecular formula is C26H30N4O3. The van der Waals surface area contributed by atoms with Crippen molar-refractivity contribution in [1.82, 2.24) is 9.38 Å². The van der Waals surface area contributed by atoms with E-state index in [1.807, 2.05) is 39.1 Å². The van der Waals surface area contributed by atoms with Crippen LogP contribution in [0.15, 0.2) is 41.3 Å². The fourth-order valence-corrected chi connectivity index (χ4v) is 5.66. The van der Waals surface area contributed by atoms with Crippen LogP contribution in [0.4, 0.5) is 11.5 Å². The predicted molar refractivity (Wildman–Crippen MR) is 129 cm³/mol. The molecule has 2 fully saturated rings. The number of benzene rings is 1. The number of nitrogens with zero attached hydrogens (tertiary/aromatic N) is 3. The summed E-state index contributed by atoms with van der Waals surface area (Å²) in [4.78, 5) is 32.5. The summed E-state index contributed by atoms with van der Waals surface area (Å²) in [5.74, 6) is 1.21. The average Bonchev–Trinajstić information content (AvgIpc) is 3.35. The van der Waals surface area contributed by atoms with Gasteiger partial charge in [-0.1, -0.05) is 19.1 Å². The molecule has 1 saturated heterocycles. The van der Waals surface area contributed by atoms with E-state index in [1.54, 1.807) is 22.6 Å². The molecule has 7 nitrogen and oxygen atoms in total. The zero-order chi connectivity index (χ0) is 23.4. The van der Waals surface area contributed by atoms with Crippen molar-refractivity contribution >= 4 is 23.1 Å². The van der Waals surface area contributed by atoms with Gasteiger partial charge < -0.3 is 15.3 Å². The van der Waals surface area contributed by atoms with E-state index in [0.717, 1.165) is 35.8 Å². The fourth-order valence-electron chi connectivity index (χ4n) is 5.66. The Morgan fingerprint density at radius 3 is 2.67 bits per heavy atom. The third kappa shape index (κ3) is 3.56. The molecule has 0 spiro atoms. The van der Waals surface area contributed by atoms with Crippen LogP contribution in [0.1, 0.15) is 59.8 Å². The maximum Gasteiger partial charge on any atom is 0.337 e.